The van der Waals surface area contributed by atoms with E-state index < -0.39 is 11.9 Å². The number of rotatable bonds is 5. The van der Waals surface area contributed by atoms with Crippen molar-refractivity contribution in [3.05, 3.63) is 53.6 Å². The maximum atomic E-state index is 12.1. The van der Waals surface area contributed by atoms with Crippen LogP contribution in [0.2, 0.25) is 0 Å². The van der Waals surface area contributed by atoms with Crippen LogP contribution in [0.1, 0.15) is 20.7 Å². The van der Waals surface area contributed by atoms with E-state index in [1.807, 2.05) is 23.1 Å². The van der Waals surface area contributed by atoms with E-state index in [2.05, 4.69) is 16.3 Å². The Bertz CT molecular complexity index is 973. The lowest BCUT2D eigenvalue weighted by molar-refractivity contribution is 0.0587. The molecule has 1 heterocycles. The topological polar surface area (TPSA) is 80.3 Å². The second-order valence-corrected chi connectivity index (χ2v) is 7.24. The maximum Gasteiger partial charge on any atom is 0.339 e. The molecule has 0 aliphatic carbocycles. The van der Waals surface area contributed by atoms with Crippen LogP contribution in [-0.2, 0) is 9.47 Å². The number of carbonyl (C=O) groups excluding carboxylic acids is 2. The third-order valence-electron chi connectivity index (χ3n) is 5.07. The number of methoxy groups -OCH3 is 3. The van der Waals surface area contributed by atoms with E-state index in [0.29, 0.717) is 29.5 Å². The molecule has 0 saturated carbocycles. The van der Waals surface area contributed by atoms with Crippen molar-refractivity contribution in [2.75, 3.05) is 57.7 Å². The van der Waals surface area contributed by atoms with Gasteiger partial charge in [0.05, 0.1) is 38.1 Å². The Morgan fingerprint density at radius 2 is 1.65 bits per heavy atom. The highest BCUT2D eigenvalue weighted by Crippen LogP contribution is 2.23. The number of piperazine rings is 1. The minimum Gasteiger partial charge on any atom is -0.497 e. The van der Waals surface area contributed by atoms with Gasteiger partial charge in [0.2, 0.25) is 0 Å². The quantitative estimate of drug-likeness (QED) is 0.554. The molecule has 1 fully saturated rings. The van der Waals surface area contributed by atoms with Gasteiger partial charge < -0.3 is 29.3 Å². The molecule has 0 amide bonds. The number of carbonyl (C=O) groups is 2. The Morgan fingerprint density at radius 3 is 2.29 bits per heavy atom. The number of esters is 2. The van der Waals surface area contributed by atoms with Crippen LogP contribution in [-0.4, -0.2) is 69.5 Å². The molecule has 1 aliphatic heterocycles. The van der Waals surface area contributed by atoms with Crippen molar-refractivity contribution >= 4 is 40.6 Å². The second-order valence-electron chi connectivity index (χ2n) is 6.85. The highest BCUT2D eigenvalue weighted by atomic mass is 32.1. The molecule has 31 heavy (non-hydrogen) atoms. The van der Waals surface area contributed by atoms with Crippen molar-refractivity contribution in [2.24, 2.45) is 0 Å². The summed E-state index contributed by atoms with van der Waals surface area (Å²) >= 11 is 5.58. The first-order valence-electron chi connectivity index (χ1n) is 9.72. The molecule has 8 nitrogen and oxygen atoms in total. The van der Waals surface area contributed by atoms with Gasteiger partial charge in [0.15, 0.2) is 5.11 Å². The molecule has 3 rings (SSSR count). The van der Waals surface area contributed by atoms with Crippen molar-refractivity contribution in [3.8, 4) is 5.75 Å². The number of nitrogens with zero attached hydrogens (tertiary/aromatic N) is 2. The molecule has 2 aromatic rings. The van der Waals surface area contributed by atoms with E-state index in [0.717, 1.165) is 24.5 Å². The summed E-state index contributed by atoms with van der Waals surface area (Å²) in [7, 11) is 4.26. The van der Waals surface area contributed by atoms with Crippen LogP contribution >= 0.6 is 12.2 Å². The molecule has 9 heteroatoms. The predicted molar refractivity (Wildman–Crippen MR) is 122 cm³/mol. The van der Waals surface area contributed by atoms with E-state index in [-0.39, 0.29) is 5.56 Å². The average Bonchev–Trinajstić information content (AvgIpc) is 2.83. The Kier molecular flexibility index (Phi) is 7.30. The van der Waals surface area contributed by atoms with Gasteiger partial charge in [0.25, 0.3) is 0 Å². The van der Waals surface area contributed by atoms with Crippen LogP contribution in [0.25, 0.3) is 0 Å². The molecule has 1 saturated heterocycles. The Hall–Kier alpha value is -3.33. The molecule has 0 radical (unpaired) electrons. The van der Waals surface area contributed by atoms with Crippen LogP contribution in [0.5, 0.6) is 5.75 Å². The first-order chi connectivity index (χ1) is 15.0. The fourth-order valence-electron chi connectivity index (χ4n) is 3.35. The number of ether oxygens (including phenoxy) is 3. The molecule has 1 N–H and O–H groups in total. The maximum absolute atomic E-state index is 12.1. The van der Waals surface area contributed by atoms with Gasteiger partial charge in [-0.2, -0.15) is 0 Å². The number of anilines is 2. The normalized spacial score (nSPS) is 13.4. The number of nitrogens with one attached hydrogen (secondary N) is 1. The van der Waals surface area contributed by atoms with Crippen LogP contribution in [0.15, 0.2) is 42.5 Å². The lowest BCUT2D eigenvalue weighted by Crippen LogP contribution is -2.50. The summed E-state index contributed by atoms with van der Waals surface area (Å²) in [6.07, 6.45) is 0. The zero-order chi connectivity index (χ0) is 22.4. The Balaban J connectivity index is 1.70. The summed E-state index contributed by atoms with van der Waals surface area (Å²) in [5.74, 6) is -0.209. The molecular weight excluding hydrogens is 418 g/mol. The minimum absolute atomic E-state index is 0.285. The lowest BCUT2D eigenvalue weighted by Gasteiger charge is -2.37. The molecule has 1 aliphatic rings. The molecule has 164 valence electrons. The molecule has 0 spiro atoms. The lowest BCUT2D eigenvalue weighted by atomic mass is 10.1. The van der Waals surface area contributed by atoms with Crippen molar-refractivity contribution in [1.82, 2.24) is 4.90 Å². The van der Waals surface area contributed by atoms with Gasteiger partial charge in [-0.05, 0) is 42.5 Å². The molecule has 0 bridgehead atoms. The third-order valence-corrected chi connectivity index (χ3v) is 5.43. The first kappa shape index (κ1) is 22.4. The van der Waals surface area contributed by atoms with Crippen molar-refractivity contribution in [1.29, 1.82) is 0 Å². The molecule has 0 unspecified atom stereocenters. The summed E-state index contributed by atoms with van der Waals surface area (Å²) < 4.78 is 14.9. The number of benzene rings is 2. The third kappa shape index (κ3) is 5.24. The van der Waals surface area contributed by atoms with Crippen molar-refractivity contribution in [3.63, 3.8) is 0 Å². The predicted octanol–water partition coefficient (Wildman–Crippen LogP) is 2.79. The standard InChI is InChI=1S/C22H25N3O5S/c1-28-17-6-4-5-16(14-17)24-9-11-25(12-10-24)22(31)23-19-13-15(20(26)29-2)7-8-18(19)21(27)30-3/h4-8,13-14H,9-12H2,1-3H3,(H,23,31). The van der Waals surface area contributed by atoms with Gasteiger partial charge in [0.1, 0.15) is 5.75 Å². The summed E-state index contributed by atoms with van der Waals surface area (Å²) in [6, 6.07) is 12.5. The summed E-state index contributed by atoms with van der Waals surface area (Å²) in [4.78, 5) is 28.3. The molecule has 0 atom stereocenters. The molecule has 2 aromatic carbocycles. The zero-order valence-corrected chi connectivity index (χ0v) is 18.5. The largest absolute Gasteiger partial charge is 0.497 e. The fraction of sp³-hybridized carbons (Fsp3) is 0.318. The smallest absolute Gasteiger partial charge is 0.339 e. The van der Waals surface area contributed by atoms with E-state index in [1.165, 1.54) is 32.4 Å². The fourth-order valence-corrected chi connectivity index (χ4v) is 3.64. The number of hydrogen-bond donors (Lipinski definition) is 1. The SMILES string of the molecule is COC(=O)c1ccc(C(=O)OC)c(NC(=S)N2CCN(c3cccc(OC)c3)CC2)c1. The van der Waals surface area contributed by atoms with Crippen LogP contribution in [0, 0.1) is 0 Å². The van der Waals surface area contributed by atoms with Crippen LogP contribution in [0.4, 0.5) is 11.4 Å². The van der Waals surface area contributed by atoms with E-state index >= 15 is 0 Å². The van der Waals surface area contributed by atoms with Crippen LogP contribution in [0.3, 0.4) is 0 Å². The Labute approximate surface area is 186 Å². The van der Waals surface area contributed by atoms with E-state index in [9.17, 15) is 9.59 Å². The first-order valence-corrected chi connectivity index (χ1v) is 10.1. The van der Waals surface area contributed by atoms with Gasteiger partial charge in [-0.25, -0.2) is 9.59 Å². The van der Waals surface area contributed by atoms with Crippen LogP contribution < -0.4 is 15.0 Å². The average molecular weight is 444 g/mol. The summed E-state index contributed by atoms with van der Waals surface area (Å²) in [5, 5.41) is 3.57. The van der Waals surface area contributed by atoms with E-state index in [1.54, 1.807) is 7.11 Å². The van der Waals surface area contributed by atoms with Crippen molar-refractivity contribution in [2.45, 2.75) is 0 Å². The van der Waals surface area contributed by atoms with Crippen molar-refractivity contribution < 1.29 is 23.8 Å². The highest BCUT2D eigenvalue weighted by molar-refractivity contribution is 7.80. The monoisotopic (exact) mass is 443 g/mol. The molecule has 0 aromatic heterocycles. The molecular formula is C22H25N3O5S. The van der Waals surface area contributed by atoms with Gasteiger partial charge in [-0.3, -0.25) is 0 Å². The second kappa shape index (κ2) is 10.1. The highest BCUT2D eigenvalue weighted by Gasteiger charge is 2.22. The van der Waals surface area contributed by atoms with Gasteiger partial charge >= 0.3 is 11.9 Å². The summed E-state index contributed by atoms with van der Waals surface area (Å²) in [5.41, 5.74) is 2.09. The number of hydrogen-bond acceptors (Lipinski definition) is 7. The summed E-state index contributed by atoms with van der Waals surface area (Å²) in [6.45, 7) is 2.96. The van der Waals surface area contributed by atoms with Gasteiger partial charge in [-0.1, -0.05) is 6.07 Å². The van der Waals surface area contributed by atoms with Gasteiger partial charge in [-0.15, -0.1) is 0 Å². The Morgan fingerprint density at radius 1 is 0.935 bits per heavy atom. The zero-order valence-electron chi connectivity index (χ0n) is 17.7. The van der Waals surface area contributed by atoms with E-state index in [4.69, 9.17) is 26.4 Å². The number of thiocarbonyl (C=S) groups is 1. The van der Waals surface area contributed by atoms with Gasteiger partial charge in [0, 0.05) is 37.9 Å². The minimum atomic E-state index is -0.524.